The molecule has 0 amide bonds. The molecular weight excluding hydrogens is 386 g/mol. The lowest BCUT2D eigenvalue weighted by Crippen LogP contribution is -2.16. The number of hydrogen-bond donors (Lipinski definition) is 1. The second kappa shape index (κ2) is 6.62. The highest BCUT2D eigenvalue weighted by Gasteiger charge is 2.29. The number of methoxy groups -OCH3 is 1. The van der Waals surface area contributed by atoms with Crippen molar-refractivity contribution in [3.63, 3.8) is 0 Å². The van der Waals surface area contributed by atoms with Crippen molar-refractivity contribution in [2.45, 2.75) is 38.0 Å². The van der Waals surface area contributed by atoms with Gasteiger partial charge in [-0.25, -0.2) is 13.2 Å². The Balaban J connectivity index is 2.55. The Morgan fingerprint density at radius 1 is 1.40 bits per heavy atom. The summed E-state index contributed by atoms with van der Waals surface area (Å²) in [7, 11) is -1.22. The number of aryl methyl sites for hydroxylation is 2. The number of esters is 1. The molecular formula is C15H20ClN3O4S2. The van der Waals surface area contributed by atoms with Gasteiger partial charge in [0.2, 0.25) is 0 Å². The second-order valence-corrected chi connectivity index (χ2v) is 9.56. The zero-order valence-electron chi connectivity index (χ0n) is 14.8. The third kappa shape index (κ3) is 3.83. The van der Waals surface area contributed by atoms with E-state index >= 15 is 0 Å². The predicted molar refractivity (Wildman–Crippen MR) is 98.1 cm³/mol. The fourth-order valence-electron chi connectivity index (χ4n) is 2.19. The molecule has 138 valence electrons. The molecule has 0 aliphatic rings. The van der Waals surface area contributed by atoms with E-state index in [0.717, 1.165) is 4.88 Å². The van der Waals surface area contributed by atoms with E-state index in [0.29, 0.717) is 0 Å². The molecule has 0 spiro atoms. The molecule has 0 aliphatic heterocycles. The van der Waals surface area contributed by atoms with Gasteiger partial charge in [-0.05, 0) is 18.4 Å². The van der Waals surface area contributed by atoms with Crippen LogP contribution < -0.4 is 4.72 Å². The van der Waals surface area contributed by atoms with Gasteiger partial charge in [0.15, 0.2) is 0 Å². The monoisotopic (exact) mass is 405 g/mol. The molecule has 2 aromatic rings. The van der Waals surface area contributed by atoms with E-state index < -0.39 is 16.0 Å². The lowest BCUT2D eigenvalue weighted by molar-refractivity contribution is 0.0607. The molecule has 2 rings (SSSR count). The number of halogens is 1. The van der Waals surface area contributed by atoms with Gasteiger partial charge < -0.3 is 4.74 Å². The molecule has 0 aromatic carbocycles. The van der Waals surface area contributed by atoms with Gasteiger partial charge in [-0.15, -0.1) is 11.3 Å². The second-order valence-electron chi connectivity index (χ2n) is 6.53. The number of anilines is 1. The van der Waals surface area contributed by atoms with E-state index in [1.807, 2.05) is 20.8 Å². The minimum atomic E-state index is -4.02. The molecule has 2 heterocycles. The molecule has 0 atom stereocenters. The number of hydrogen-bond acceptors (Lipinski definition) is 6. The summed E-state index contributed by atoms with van der Waals surface area (Å²) >= 11 is 7.26. The standard InChI is InChI=1S/C15H20ClN3O4S2/c1-8-12(13(16)19(5)17-8)25(21,22)18-9-7-10(15(2,3)4)24-11(9)14(20)23-6/h7,18H,1-6H3. The highest BCUT2D eigenvalue weighted by molar-refractivity contribution is 7.93. The molecule has 1 N–H and O–H groups in total. The zero-order valence-corrected chi connectivity index (χ0v) is 17.2. The third-order valence-electron chi connectivity index (χ3n) is 3.46. The summed E-state index contributed by atoms with van der Waals surface area (Å²) in [6.45, 7) is 7.47. The fourth-order valence-corrected chi connectivity index (χ4v) is 5.16. The summed E-state index contributed by atoms with van der Waals surface area (Å²) in [6, 6.07) is 1.65. The van der Waals surface area contributed by atoms with Crippen molar-refractivity contribution < 1.29 is 17.9 Å². The van der Waals surface area contributed by atoms with Gasteiger partial charge in [0, 0.05) is 11.9 Å². The van der Waals surface area contributed by atoms with Crippen LogP contribution in [0, 0.1) is 6.92 Å². The van der Waals surface area contributed by atoms with Gasteiger partial charge >= 0.3 is 5.97 Å². The molecule has 0 aliphatic carbocycles. The molecule has 0 radical (unpaired) electrons. The number of nitrogens with zero attached hydrogens (tertiary/aromatic N) is 2. The smallest absolute Gasteiger partial charge is 0.350 e. The number of carbonyl (C=O) groups excluding carboxylic acids is 1. The SMILES string of the molecule is COC(=O)c1sc(C(C)(C)C)cc1NS(=O)(=O)c1c(C)nn(C)c1Cl. The number of thiophene rings is 1. The Kier molecular flexibility index (Phi) is 5.23. The number of nitrogens with one attached hydrogen (secondary N) is 1. The van der Waals surface area contributed by atoms with Crippen LogP contribution in [0.2, 0.25) is 5.15 Å². The first-order valence-corrected chi connectivity index (χ1v) is 10.0. The van der Waals surface area contributed by atoms with Crippen molar-refractivity contribution in [1.29, 1.82) is 0 Å². The summed E-state index contributed by atoms with van der Waals surface area (Å²) in [5.41, 5.74) is 0.186. The van der Waals surface area contributed by atoms with Gasteiger partial charge in [-0.1, -0.05) is 32.4 Å². The molecule has 25 heavy (non-hydrogen) atoms. The highest BCUT2D eigenvalue weighted by atomic mass is 35.5. The minimum Gasteiger partial charge on any atom is -0.465 e. The highest BCUT2D eigenvalue weighted by Crippen LogP contribution is 2.37. The van der Waals surface area contributed by atoms with Gasteiger partial charge in [0.25, 0.3) is 10.0 Å². The summed E-state index contributed by atoms with van der Waals surface area (Å²) in [4.78, 5) is 13.0. The van der Waals surface area contributed by atoms with Crippen molar-refractivity contribution >= 4 is 44.6 Å². The first kappa shape index (κ1) is 19.7. The lowest BCUT2D eigenvalue weighted by atomic mass is 9.95. The van der Waals surface area contributed by atoms with Gasteiger partial charge in [-0.2, -0.15) is 5.10 Å². The minimum absolute atomic E-state index is 0.00380. The van der Waals surface area contributed by atoms with Crippen LogP contribution in [0.15, 0.2) is 11.0 Å². The Morgan fingerprint density at radius 2 is 2.00 bits per heavy atom. The maximum atomic E-state index is 12.8. The molecule has 7 nitrogen and oxygen atoms in total. The van der Waals surface area contributed by atoms with E-state index in [1.165, 1.54) is 23.1 Å². The summed E-state index contributed by atoms with van der Waals surface area (Å²) in [5.74, 6) is -0.604. The van der Waals surface area contributed by atoms with Gasteiger partial charge in [0.05, 0.1) is 18.5 Å². The third-order valence-corrected chi connectivity index (χ3v) is 7.06. The van der Waals surface area contributed by atoms with Crippen molar-refractivity contribution in [1.82, 2.24) is 9.78 Å². The number of carbonyl (C=O) groups is 1. The van der Waals surface area contributed by atoms with E-state index in [2.05, 4.69) is 9.82 Å². The maximum absolute atomic E-state index is 12.8. The molecule has 10 heteroatoms. The van der Waals surface area contributed by atoms with E-state index in [4.69, 9.17) is 16.3 Å². The Bertz CT molecular complexity index is 923. The molecule has 0 unspecified atom stereocenters. The molecule has 0 saturated carbocycles. The molecule has 0 fully saturated rings. The fraction of sp³-hybridized carbons (Fsp3) is 0.467. The number of ether oxygens (including phenoxy) is 1. The number of aromatic nitrogens is 2. The van der Waals surface area contributed by atoms with E-state index in [9.17, 15) is 13.2 Å². The van der Waals surface area contributed by atoms with Crippen molar-refractivity contribution in [2.24, 2.45) is 7.05 Å². The number of rotatable bonds is 4. The van der Waals surface area contributed by atoms with Crippen LogP contribution in [0.25, 0.3) is 0 Å². The molecule has 0 saturated heterocycles. The summed E-state index contributed by atoms with van der Waals surface area (Å²) in [6.07, 6.45) is 0. The van der Waals surface area contributed by atoms with Crippen LogP contribution in [0.4, 0.5) is 5.69 Å². The zero-order chi connectivity index (χ0) is 19.2. The molecule has 0 bridgehead atoms. The van der Waals surface area contributed by atoms with E-state index in [-0.39, 0.29) is 31.7 Å². The Morgan fingerprint density at radius 3 is 2.44 bits per heavy atom. The van der Waals surface area contributed by atoms with Gasteiger partial charge in [-0.3, -0.25) is 9.40 Å². The van der Waals surface area contributed by atoms with Crippen LogP contribution in [0.5, 0.6) is 0 Å². The van der Waals surface area contributed by atoms with Gasteiger partial charge in [0.1, 0.15) is 14.9 Å². The number of sulfonamides is 1. The molecule has 2 aromatic heterocycles. The first-order chi connectivity index (χ1) is 11.4. The van der Waals surface area contributed by atoms with E-state index in [1.54, 1.807) is 20.0 Å². The Labute approximate surface area is 156 Å². The first-order valence-electron chi connectivity index (χ1n) is 7.33. The average molecular weight is 406 g/mol. The van der Waals surface area contributed by atoms with Crippen LogP contribution >= 0.6 is 22.9 Å². The summed E-state index contributed by atoms with van der Waals surface area (Å²) in [5, 5.41) is 4.01. The van der Waals surface area contributed by atoms with Crippen LogP contribution in [-0.2, 0) is 27.2 Å². The van der Waals surface area contributed by atoms with Crippen LogP contribution in [-0.4, -0.2) is 31.3 Å². The topological polar surface area (TPSA) is 90.3 Å². The largest absolute Gasteiger partial charge is 0.465 e. The summed E-state index contributed by atoms with van der Waals surface area (Å²) < 4.78 is 34.1. The van der Waals surface area contributed by atoms with Crippen LogP contribution in [0.3, 0.4) is 0 Å². The lowest BCUT2D eigenvalue weighted by Gasteiger charge is -2.15. The normalized spacial score (nSPS) is 12.3. The average Bonchev–Trinajstić information content (AvgIpc) is 2.99. The maximum Gasteiger partial charge on any atom is 0.350 e. The quantitative estimate of drug-likeness (QED) is 0.788. The van der Waals surface area contributed by atoms with Crippen LogP contribution in [0.1, 0.15) is 41.0 Å². The van der Waals surface area contributed by atoms with Crippen molar-refractivity contribution in [3.8, 4) is 0 Å². The Hall–Kier alpha value is -1.58. The van der Waals surface area contributed by atoms with Crippen molar-refractivity contribution in [3.05, 3.63) is 26.7 Å². The van der Waals surface area contributed by atoms with Crippen molar-refractivity contribution in [2.75, 3.05) is 11.8 Å². The predicted octanol–water partition coefficient (Wildman–Crippen LogP) is 3.33.